The summed E-state index contributed by atoms with van der Waals surface area (Å²) in [4.78, 5) is 25.4. The SMILES string of the molecule is CC/C=C\C/C=C\C/C=C\C/C=C\CCC(=O)NC(COP(=O)([O-])OCC[N+](C)(C)C)C(O)CCCCCCCCCCCCCCCCCCCCCCCCCCCCCCCCC. The molecule has 0 radical (unpaired) electrons. The van der Waals surface area contributed by atoms with E-state index in [0.717, 1.165) is 44.9 Å². The van der Waals surface area contributed by atoms with Gasteiger partial charge in [0.15, 0.2) is 0 Å². The van der Waals surface area contributed by atoms with Gasteiger partial charge in [0.25, 0.3) is 7.82 Å². The molecule has 0 aliphatic carbocycles. The summed E-state index contributed by atoms with van der Waals surface area (Å²) in [5, 5.41) is 13.9. The number of aliphatic hydroxyl groups is 1. The lowest BCUT2D eigenvalue weighted by molar-refractivity contribution is -0.870. The van der Waals surface area contributed by atoms with Gasteiger partial charge in [-0.3, -0.25) is 9.36 Å². The zero-order chi connectivity index (χ0) is 48.5. The maximum Gasteiger partial charge on any atom is 0.268 e. The number of hydrogen-bond donors (Lipinski definition) is 2. The normalized spacial score (nSPS) is 14.3. The van der Waals surface area contributed by atoms with E-state index in [1.54, 1.807) is 0 Å². The fraction of sp³-hybridized carbons (Fsp3) is 0.842. The lowest BCUT2D eigenvalue weighted by atomic mass is 10.0. The Labute approximate surface area is 409 Å². The number of carbonyl (C=O) groups excluding carboxylic acids is 1. The fourth-order valence-corrected chi connectivity index (χ4v) is 8.95. The molecule has 0 aromatic carbocycles. The van der Waals surface area contributed by atoms with Crippen molar-refractivity contribution in [1.82, 2.24) is 5.32 Å². The van der Waals surface area contributed by atoms with Crippen molar-refractivity contribution in [3.63, 3.8) is 0 Å². The predicted octanol–water partition coefficient (Wildman–Crippen LogP) is 16.1. The molecule has 66 heavy (non-hydrogen) atoms. The van der Waals surface area contributed by atoms with Crippen molar-refractivity contribution in [3.8, 4) is 0 Å². The van der Waals surface area contributed by atoms with Gasteiger partial charge < -0.3 is 28.8 Å². The molecule has 0 saturated carbocycles. The molecule has 9 heteroatoms. The van der Waals surface area contributed by atoms with E-state index in [9.17, 15) is 19.4 Å². The Morgan fingerprint density at radius 3 is 1.26 bits per heavy atom. The van der Waals surface area contributed by atoms with E-state index in [2.05, 4.69) is 55.6 Å². The third kappa shape index (κ3) is 50.3. The van der Waals surface area contributed by atoms with Crippen molar-refractivity contribution in [2.75, 3.05) is 40.9 Å². The second-order valence-electron chi connectivity index (χ2n) is 20.3. The van der Waals surface area contributed by atoms with Gasteiger partial charge in [0, 0.05) is 6.42 Å². The first kappa shape index (κ1) is 64.5. The van der Waals surface area contributed by atoms with E-state index >= 15 is 0 Å². The smallest absolute Gasteiger partial charge is 0.268 e. The summed E-state index contributed by atoms with van der Waals surface area (Å²) in [6.45, 7) is 4.56. The molecule has 3 atom stereocenters. The van der Waals surface area contributed by atoms with Gasteiger partial charge in [-0.1, -0.05) is 262 Å². The van der Waals surface area contributed by atoms with Crippen molar-refractivity contribution in [3.05, 3.63) is 48.6 Å². The Morgan fingerprint density at radius 2 is 0.894 bits per heavy atom. The van der Waals surface area contributed by atoms with Crippen LogP contribution in [-0.4, -0.2) is 68.5 Å². The highest BCUT2D eigenvalue weighted by molar-refractivity contribution is 7.45. The molecule has 2 N–H and O–H groups in total. The monoisotopic (exact) mass is 949 g/mol. The Balaban J connectivity index is 4.06. The number of unbranched alkanes of at least 4 members (excludes halogenated alkanes) is 30. The van der Waals surface area contributed by atoms with Gasteiger partial charge in [-0.15, -0.1) is 0 Å². The van der Waals surface area contributed by atoms with Crippen LogP contribution in [0.4, 0.5) is 0 Å². The van der Waals surface area contributed by atoms with Gasteiger partial charge in [-0.25, -0.2) is 0 Å². The number of rotatable bonds is 51. The summed E-state index contributed by atoms with van der Waals surface area (Å²) < 4.78 is 23.3. The molecule has 8 nitrogen and oxygen atoms in total. The molecule has 1 amide bonds. The van der Waals surface area contributed by atoms with Crippen LogP contribution in [0.1, 0.15) is 258 Å². The van der Waals surface area contributed by atoms with E-state index in [1.807, 2.05) is 33.3 Å². The molecule has 3 unspecified atom stereocenters. The molecule has 0 aliphatic rings. The minimum absolute atomic E-state index is 0.00158. The topological polar surface area (TPSA) is 108 Å². The van der Waals surface area contributed by atoms with Gasteiger partial charge in [0.2, 0.25) is 5.91 Å². The van der Waals surface area contributed by atoms with Gasteiger partial charge in [0.1, 0.15) is 13.2 Å². The highest BCUT2D eigenvalue weighted by Gasteiger charge is 2.24. The molecule has 0 heterocycles. The van der Waals surface area contributed by atoms with E-state index in [1.165, 1.54) is 180 Å². The molecule has 0 aromatic rings. The number of carbonyl (C=O) groups is 1. The predicted molar refractivity (Wildman–Crippen MR) is 284 cm³/mol. The second kappa shape index (κ2) is 48.5. The maximum atomic E-state index is 12.9. The number of amides is 1. The minimum Gasteiger partial charge on any atom is -0.756 e. The molecule has 0 aliphatic heterocycles. The maximum absolute atomic E-state index is 12.9. The Morgan fingerprint density at radius 1 is 0.545 bits per heavy atom. The van der Waals surface area contributed by atoms with Crippen molar-refractivity contribution in [1.29, 1.82) is 0 Å². The summed E-state index contributed by atoms with van der Waals surface area (Å²) in [5.41, 5.74) is 0. The summed E-state index contributed by atoms with van der Waals surface area (Å²) in [5.74, 6) is -0.243. The number of allylic oxidation sites excluding steroid dienone is 8. The van der Waals surface area contributed by atoms with Crippen LogP contribution in [0, 0.1) is 0 Å². The zero-order valence-corrected chi connectivity index (χ0v) is 45.0. The van der Waals surface area contributed by atoms with Crippen LogP contribution in [0.5, 0.6) is 0 Å². The van der Waals surface area contributed by atoms with Crippen LogP contribution >= 0.6 is 7.82 Å². The minimum atomic E-state index is -4.59. The average molecular weight is 949 g/mol. The summed E-state index contributed by atoms with van der Waals surface area (Å²) >= 11 is 0. The van der Waals surface area contributed by atoms with E-state index in [0.29, 0.717) is 23.9 Å². The number of quaternary nitrogens is 1. The van der Waals surface area contributed by atoms with Crippen LogP contribution in [0.3, 0.4) is 0 Å². The van der Waals surface area contributed by atoms with Crippen LogP contribution < -0.4 is 10.2 Å². The van der Waals surface area contributed by atoms with E-state index in [-0.39, 0.29) is 25.5 Å². The van der Waals surface area contributed by atoms with Gasteiger partial charge in [-0.2, -0.15) is 0 Å². The molecular formula is C57H109N2O6P. The quantitative estimate of drug-likeness (QED) is 0.0272. The van der Waals surface area contributed by atoms with Crippen molar-refractivity contribution in [2.24, 2.45) is 0 Å². The van der Waals surface area contributed by atoms with Crippen molar-refractivity contribution in [2.45, 2.75) is 270 Å². The molecule has 0 spiro atoms. The number of phosphoric acid groups is 1. The van der Waals surface area contributed by atoms with Gasteiger partial charge in [0.05, 0.1) is 39.9 Å². The lowest BCUT2D eigenvalue weighted by Crippen LogP contribution is -2.46. The highest BCUT2D eigenvalue weighted by Crippen LogP contribution is 2.38. The van der Waals surface area contributed by atoms with Crippen LogP contribution in [0.2, 0.25) is 0 Å². The number of likely N-dealkylation sites (N-methyl/N-ethyl adjacent to an activating group) is 1. The summed E-state index contributed by atoms with van der Waals surface area (Å²) in [6.07, 6.45) is 63.3. The molecule has 0 saturated heterocycles. The average Bonchev–Trinajstić information content (AvgIpc) is 3.28. The number of phosphoric ester groups is 1. The molecule has 0 aromatic heterocycles. The first-order chi connectivity index (χ1) is 32.0. The Kier molecular flexibility index (Phi) is 47.4. The number of aliphatic hydroxyl groups excluding tert-OH is 1. The zero-order valence-electron chi connectivity index (χ0n) is 44.1. The lowest BCUT2D eigenvalue weighted by Gasteiger charge is -2.30. The second-order valence-corrected chi connectivity index (χ2v) is 21.7. The van der Waals surface area contributed by atoms with Crippen LogP contribution in [0.25, 0.3) is 0 Å². The Hall–Kier alpha value is -1.54. The van der Waals surface area contributed by atoms with Crippen molar-refractivity contribution < 1.29 is 32.9 Å². The third-order valence-electron chi connectivity index (χ3n) is 12.6. The van der Waals surface area contributed by atoms with Crippen molar-refractivity contribution >= 4 is 13.7 Å². The summed E-state index contributed by atoms with van der Waals surface area (Å²) in [7, 11) is 1.26. The molecule has 0 rings (SSSR count). The first-order valence-electron chi connectivity index (χ1n) is 28.0. The molecule has 388 valence electrons. The van der Waals surface area contributed by atoms with E-state index < -0.39 is 20.0 Å². The van der Waals surface area contributed by atoms with E-state index in [4.69, 9.17) is 9.05 Å². The highest BCUT2D eigenvalue weighted by atomic mass is 31.2. The number of nitrogens with one attached hydrogen (secondary N) is 1. The fourth-order valence-electron chi connectivity index (χ4n) is 8.23. The van der Waals surface area contributed by atoms with Gasteiger partial charge >= 0.3 is 0 Å². The molecule has 0 fully saturated rings. The Bertz CT molecular complexity index is 1210. The molecular weight excluding hydrogens is 840 g/mol. The van der Waals surface area contributed by atoms with Gasteiger partial charge in [-0.05, 0) is 38.5 Å². The number of hydrogen-bond acceptors (Lipinski definition) is 6. The van der Waals surface area contributed by atoms with Crippen LogP contribution in [0.15, 0.2) is 48.6 Å². The summed E-state index contributed by atoms with van der Waals surface area (Å²) in [6, 6.07) is -0.840. The molecule has 0 bridgehead atoms. The number of nitrogens with zero attached hydrogens (tertiary/aromatic N) is 1. The first-order valence-corrected chi connectivity index (χ1v) is 29.4. The third-order valence-corrected chi connectivity index (χ3v) is 13.6. The van der Waals surface area contributed by atoms with Crippen LogP contribution in [-0.2, 0) is 18.4 Å². The standard InChI is InChI=1S/C57H109N2O6P/c1-6-8-10-12-14-16-18-20-21-22-23-24-25-26-27-28-29-30-31-32-33-34-35-36-37-39-40-42-44-46-48-50-56(60)55(54-65-66(62,63)64-53-52-59(3,4)5)58-57(61)51-49-47-45-43-41-38-19-17-15-13-11-9-7-2/h9,11,15,17,38,41,45,47,55-56,60H,6-8,10,12-14,16,18-37,39-40,42-44,46,48-54H2,1-5H3,(H-,58,61,62,63)/b11-9-,17-15-,41-38-,47-45-. The largest absolute Gasteiger partial charge is 0.756 e.